The van der Waals surface area contributed by atoms with Crippen molar-refractivity contribution < 1.29 is 47.4 Å². The first-order chi connectivity index (χ1) is 21.9. The number of Topliss-reactive ketones (excluding diaryl/α,β-unsaturated/α-hetero) is 1. The Kier molecular flexibility index (Phi) is 12.1. The lowest BCUT2D eigenvalue weighted by molar-refractivity contribution is -0.146. The van der Waals surface area contributed by atoms with E-state index >= 15 is 8.78 Å². The van der Waals surface area contributed by atoms with Gasteiger partial charge in [-0.05, 0) is 43.6 Å². The summed E-state index contributed by atoms with van der Waals surface area (Å²) in [4.78, 5) is 79.6. The number of alkyl carbamates (subject to hydrolysis) is 1. The van der Waals surface area contributed by atoms with Crippen molar-refractivity contribution in [3.8, 4) is 0 Å². The lowest BCUT2D eigenvalue weighted by Gasteiger charge is -2.36. The van der Waals surface area contributed by atoms with Gasteiger partial charge < -0.3 is 30.7 Å². The molecule has 0 radical (unpaired) electrons. The Morgan fingerprint density at radius 2 is 1.66 bits per heavy atom. The Balaban J connectivity index is 1.86. The van der Waals surface area contributed by atoms with Gasteiger partial charge in [0.2, 0.25) is 17.6 Å². The number of fused-ring (bicyclic) bond motifs is 1. The molecule has 1 aliphatic heterocycles. The number of carboxylic acid groups (broad SMARTS) is 1. The van der Waals surface area contributed by atoms with Gasteiger partial charge in [-0.2, -0.15) is 0 Å². The van der Waals surface area contributed by atoms with Gasteiger partial charge in [0.25, 0.3) is 11.8 Å². The molecule has 2 aliphatic rings. The number of amides is 4. The van der Waals surface area contributed by atoms with Crippen LogP contribution in [0.15, 0.2) is 30.3 Å². The van der Waals surface area contributed by atoms with Crippen LogP contribution in [0.4, 0.5) is 13.6 Å². The number of hydrogen-bond donors (Lipinski definition) is 4. The first kappa shape index (κ1) is 37.4. The number of likely N-dealkylation sites (tertiary alicyclic amines) is 1. The molecule has 14 heteroatoms. The summed E-state index contributed by atoms with van der Waals surface area (Å²) in [5.41, 5.74) is -0.298. The predicted octanol–water partition coefficient (Wildman–Crippen LogP) is 3.07. The van der Waals surface area contributed by atoms with Crippen LogP contribution >= 0.6 is 0 Å². The van der Waals surface area contributed by atoms with Crippen LogP contribution in [0.1, 0.15) is 72.8 Å². The molecule has 0 spiro atoms. The molecule has 1 saturated carbocycles. The van der Waals surface area contributed by atoms with E-state index in [-0.39, 0.29) is 19.3 Å². The molecule has 1 aromatic rings. The average Bonchev–Trinajstić information content (AvgIpc) is 3.51. The number of ketones is 1. The van der Waals surface area contributed by atoms with Gasteiger partial charge in [-0.25, -0.2) is 18.4 Å². The number of alkyl halides is 2. The lowest BCUT2D eigenvalue weighted by Crippen LogP contribution is -2.60. The summed E-state index contributed by atoms with van der Waals surface area (Å²) in [5, 5.41) is 16.9. The fraction of sp³-hybridized carbons (Fsp3) is 0.636. The normalized spacial score (nSPS) is 22.1. The second kappa shape index (κ2) is 15.2. The van der Waals surface area contributed by atoms with E-state index < -0.39 is 102 Å². The highest BCUT2D eigenvalue weighted by molar-refractivity contribution is 6.38. The summed E-state index contributed by atoms with van der Waals surface area (Å²) in [7, 11) is 0. The Labute approximate surface area is 273 Å². The van der Waals surface area contributed by atoms with Crippen molar-refractivity contribution in [1.29, 1.82) is 0 Å². The van der Waals surface area contributed by atoms with E-state index in [4.69, 9.17) is 4.74 Å². The Hall–Kier alpha value is -4.10. The third kappa shape index (κ3) is 9.25. The Bertz CT molecular complexity index is 1330. The van der Waals surface area contributed by atoms with Gasteiger partial charge >= 0.3 is 12.1 Å². The maximum atomic E-state index is 15.0. The predicted molar refractivity (Wildman–Crippen MR) is 166 cm³/mol. The summed E-state index contributed by atoms with van der Waals surface area (Å²) in [6.45, 7) is 9.50. The molecule has 12 nitrogen and oxygen atoms in total. The highest BCUT2D eigenvalue weighted by Gasteiger charge is 2.61. The molecule has 3 unspecified atom stereocenters. The molecule has 260 valence electrons. The van der Waals surface area contributed by atoms with Gasteiger partial charge in [0, 0.05) is 25.3 Å². The molecule has 3 rings (SSSR count). The number of benzene rings is 1. The number of hydrogen-bond acceptors (Lipinski definition) is 7. The molecule has 47 heavy (non-hydrogen) atoms. The monoisotopic (exact) mass is 664 g/mol. The number of halogens is 2. The second-order valence-corrected chi connectivity index (χ2v) is 13.7. The van der Waals surface area contributed by atoms with E-state index in [0.717, 1.165) is 4.90 Å². The van der Waals surface area contributed by atoms with Gasteiger partial charge in [0.1, 0.15) is 18.1 Å². The number of aliphatic carboxylic acids is 1. The van der Waals surface area contributed by atoms with Crippen LogP contribution in [0.25, 0.3) is 0 Å². The van der Waals surface area contributed by atoms with Gasteiger partial charge in [0.15, 0.2) is 0 Å². The Morgan fingerprint density at radius 3 is 2.21 bits per heavy atom. The summed E-state index contributed by atoms with van der Waals surface area (Å²) >= 11 is 0. The number of carboxylic acids is 1. The second-order valence-electron chi connectivity index (χ2n) is 13.7. The molecule has 4 N–H and O–H groups in total. The highest BCUT2D eigenvalue weighted by atomic mass is 19.3. The van der Waals surface area contributed by atoms with Crippen molar-refractivity contribution in [1.82, 2.24) is 20.9 Å². The van der Waals surface area contributed by atoms with Gasteiger partial charge in [-0.1, -0.05) is 64.4 Å². The van der Waals surface area contributed by atoms with Crippen molar-refractivity contribution in [2.75, 3.05) is 6.54 Å². The summed E-state index contributed by atoms with van der Waals surface area (Å²) in [6.07, 6.45) is -1.68. The smallest absolute Gasteiger partial charge is 0.408 e. The van der Waals surface area contributed by atoms with Crippen molar-refractivity contribution in [3.05, 3.63) is 35.9 Å². The molecule has 2 fully saturated rings. The molecule has 6 atom stereocenters. The third-order valence-corrected chi connectivity index (χ3v) is 8.59. The van der Waals surface area contributed by atoms with Crippen LogP contribution in [-0.4, -0.2) is 88.3 Å². The van der Waals surface area contributed by atoms with Crippen LogP contribution in [0.3, 0.4) is 0 Å². The molecule has 0 aromatic heterocycles. The fourth-order valence-corrected chi connectivity index (χ4v) is 6.26. The number of nitrogens with zero attached hydrogens (tertiary/aromatic N) is 1. The minimum absolute atomic E-state index is 0.00739. The first-order valence-corrected chi connectivity index (χ1v) is 15.9. The molecular weight excluding hydrogens is 618 g/mol. The average molecular weight is 665 g/mol. The number of carbonyl (C=O) groups excluding carboxylic acids is 5. The van der Waals surface area contributed by atoms with Crippen LogP contribution < -0.4 is 16.0 Å². The Morgan fingerprint density at radius 1 is 1.02 bits per heavy atom. The number of rotatable bonds is 13. The van der Waals surface area contributed by atoms with Crippen LogP contribution in [0, 0.1) is 17.3 Å². The minimum Gasteiger partial charge on any atom is -0.480 e. The van der Waals surface area contributed by atoms with E-state index in [1.54, 1.807) is 71.9 Å². The maximum absolute atomic E-state index is 15.0. The van der Waals surface area contributed by atoms with Crippen LogP contribution in [0.5, 0.6) is 0 Å². The molecular formula is C33H46F2N4O8. The van der Waals surface area contributed by atoms with E-state index in [0.29, 0.717) is 12.0 Å². The molecule has 0 bridgehead atoms. The standard InChI is InChI=1S/C33H46F2N4O8/c1-7-11-22(25(40)28(42)37-23(30(44)45)16-19-12-9-8-10-13-19)36-27(41)24-20-14-15-33(34,35)21(20)17-39(24)29(43)26(32(4,5)6)38-31(46)47-18(2)3/h8-10,12-13,18,20-24,26H,7,11,14-17H2,1-6H3,(H,36,41)(H,37,42)(H,38,46)(H,44,45)/t20-,21-,22?,23+,24?,26?/m0/s1. The molecule has 1 saturated heterocycles. The quantitative estimate of drug-likeness (QED) is 0.233. The summed E-state index contributed by atoms with van der Waals surface area (Å²) in [5.74, 6) is -10.8. The van der Waals surface area contributed by atoms with E-state index in [1.165, 1.54) is 0 Å². The van der Waals surface area contributed by atoms with E-state index in [9.17, 15) is 33.9 Å². The van der Waals surface area contributed by atoms with Crippen molar-refractivity contribution >= 4 is 35.6 Å². The summed E-state index contributed by atoms with van der Waals surface area (Å²) < 4.78 is 35.2. The van der Waals surface area contributed by atoms with Crippen molar-refractivity contribution in [2.24, 2.45) is 17.3 Å². The lowest BCUT2D eigenvalue weighted by atomic mass is 9.85. The number of carbonyl (C=O) groups is 6. The largest absolute Gasteiger partial charge is 0.480 e. The zero-order chi connectivity index (χ0) is 35.3. The van der Waals surface area contributed by atoms with E-state index in [2.05, 4.69) is 16.0 Å². The fourth-order valence-electron chi connectivity index (χ4n) is 6.26. The molecule has 1 aromatic carbocycles. The molecule has 1 heterocycles. The van der Waals surface area contributed by atoms with E-state index in [1.807, 2.05) is 0 Å². The van der Waals surface area contributed by atoms with Gasteiger partial charge in [0.05, 0.1) is 12.1 Å². The van der Waals surface area contributed by atoms with Crippen LogP contribution in [0.2, 0.25) is 0 Å². The zero-order valence-corrected chi connectivity index (χ0v) is 27.7. The SMILES string of the molecule is CCCC(NC(=O)C1[C@H]2CCC(F)(F)[C@H]2CN1C(=O)C(NC(=O)OC(C)C)C(C)(C)C)C(=O)C(=O)N[C@H](Cc1ccccc1)C(=O)O. The topological polar surface area (TPSA) is 171 Å². The third-order valence-electron chi connectivity index (χ3n) is 8.59. The zero-order valence-electron chi connectivity index (χ0n) is 27.7. The maximum Gasteiger partial charge on any atom is 0.408 e. The van der Waals surface area contributed by atoms with Gasteiger partial charge in [-0.15, -0.1) is 0 Å². The number of ether oxygens (including phenoxy) is 1. The first-order valence-electron chi connectivity index (χ1n) is 15.9. The molecule has 4 amide bonds. The van der Waals surface area contributed by atoms with Crippen molar-refractivity contribution in [2.45, 2.75) is 110 Å². The highest BCUT2D eigenvalue weighted by Crippen LogP contribution is 2.51. The van der Waals surface area contributed by atoms with Crippen LogP contribution in [-0.2, 0) is 35.1 Å². The minimum atomic E-state index is -3.15. The molecule has 1 aliphatic carbocycles. The number of nitrogens with one attached hydrogen (secondary N) is 3. The van der Waals surface area contributed by atoms with Gasteiger partial charge in [-0.3, -0.25) is 19.2 Å². The van der Waals surface area contributed by atoms with Crippen molar-refractivity contribution in [3.63, 3.8) is 0 Å². The summed E-state index contributed by atoms with van der Waals surface area (Å²) in [6, 6.07) is 3.00.